The third-order valence-electron chi connectivity index (χ3n) is 5.06. The van der Waals surface area contributed by atoms with Crippen LogP contribution < -0.4 is 4.74 Å². The monoisotopic (exact) mass is 430 g/mol. The summed E-state index contributed by atoms with van der Waals surface area (Å²) in [6, 6.07) is 7.50. The minimum atomic E-state index is -0.215. The van der Waals surface area contributed by atoms with Crippen molar-refractivity contribution in [1.29, 1.82) is 5.26 Å². The molecule has 1 aliphatic carbocycles. The van der Waals surface area contributed by atoms with Gasteiger partial charge in [0.1, 0.15) is 17.9 Å². The van der Waals surface area contributed by atoms with Gasteiger partial charge in [-0.2, -0.15) is 10.4 Å². The number of nitrogens with zero attached hydrogens (tertiary/aromatic N) is 5. The standard InChI is InChI=1S/C22H18N6O2S/c1-28(11-15-9-24-8-14-10-25-27-20(14)15)22(29)18-5-4-17(19-6-13(7-23)12-31-19)21(26-18)30-16-2-3-16/h4-6,8-10,12,16H,2-3,11H2,1H3,(H,25,27). The molecule has 0 saturated heterocycles. The summed E-state index contributed by atoms with van der Waals surface area (Å²) < 4.78 is 6.01. The molecule has 1 aliphatic rings. The fourth-order valence-corrected chi connectivity index (χ4v) is 4.13. The minimum Gasteiger partial charge on any atom is -0.474 e. The van der Waals surface area contributed by atoms with Crippen LogP contribution in [0.15, 0.2) is 42.2 Å². The van der Waals surface area contributed by atoms with Gasteiger partial charge in [-0.1, -0.05) is 0 Å². The van der Waals surface area contributed by atoms with Crippen LogP contribution >= 0.6 is 11.3 Å². The Morgan fingerprint density at radius 1 is 1.35 bits per heavy atom. The van der Waals surface area contributed by atoms with Gasteiger partial charge in [-0.25, -0.2) is 4.98 Å². The highest BCUT2D eigenvalue weighted by Gasteiger charge is 2.27. The van der Waals surface area contributed by atoms with Crippen LogP contribution in [0.2, 0.25) is 0 Å². The third-order valence-corrected chi connectivity index (χ3v) is 6.03. The molecule has 0 bridgehead atoms. The Kier molecular flexibility index (Phi) is 4.84. The highest BCUT2D eigenvalue weighted by molar-refractivity contribution is 7.13. The average Bonchev–Trinajstić information content (AvgIpc) is 3.27. The zero-order valence-electron chi connectivity index (χ0n) is 16.7. The summed E-state index contributed by atoms with van der Waals surface area (Å²) in [7, 11) is 1.73. The molecule has 0 spiro atoms. The van der Waals surface area contributed by atoms with Crippen LogP contribution in [0.3, 0.4) is 0 Å². The predicted molar refractivity (Wildman–Crippen MR) is 116 cm³/mol. The van der Waals surface area contributed by atoms with Crippen LogP contribution in [-0.4, -0.2) is 44.1 Å². The van der Waals surface area contributed by atoms with Crippen LogP contribution in [0.4, 0.5) is 0 Å². The van der Waals surface area contributed by atoms with Gasteiger partial charge in [-0.3, -0.25) is 14.9 Å². The van der Waals surface area contributed by atoms with Gasteiger partial charge in [0.05, 0.1) is 22.8 Å². The summed E-state index contributed by atoms with van der Waals surface area (Å²) in [6.45, 7) is 0.365. The molecule has 0 aliphatic heterocycles. The molecule has 4 aromatic rings. The highest BCUT2D eigenvalue weighted by atomic mass is 32.1. The fourth-order valence-electron chi connectivity index (χ4n) is 3.28. The molecule has 1 saturated carbocycles. The number of aromatic amines is 1. The normalized spacial score (nSPS) is 13.2. The van der Waals surface area contributed by atoms with Gasteiger partial charge < -0.3 is 9.64 Å². The number of aromatic nitrogens is 4. The smallest absolute Gasteiger partial charge is 0.272 e. The van der Waals surface area contributed by atoms with Gasteiger partial charge in [0.15, 0.2) is 0 Å². The largest absolute Gasteiger partial charge is 0.474 e. The number of carbonyl (C=O) groups is 1. The molecule has 1 N–H and O–H groups in total. The van der Waals surface area contributed by atoms with Crippen molar-refractivity contribution in [3.8, 4) is 22.4 Å². The SMILES string of the molecule is CN(Cc1cncc2cn[nH]c12)C(=O)c1ccc(-c2cc(C#N)cs2)c(OC2CC2)n1. The van der Waals surface area contributed by atoms with Crippen molar-refractivity contribution in [2.45, 2.75) is 25.5 Å². The number of hydrogen-bond acceptors (Lipinski definition) is 7. The van der Waals surface area contributed by atoms with Crippen molar-refractivity contribution in [3.63, 3.8) is 0 Å². The average molecular weight is 430 g/mol. The maximum absolute atomic E-state index is 13.1. The molecule has 31 heavy (non-hydrogen) atoms. The summed E-state index contributed by atoms with van der Waals surface area (Å²) >= 11 is 1.46. The number of nitrogens with one attached hydrogen (secondary N) is 1. The first-order chi connectivity index (χ1) is 15.1. The highest BCUT2D eigenvalue weighted by Crippen LogP contribution is 2.36. The molecule has 1 fully saturated rings. The van der Waals surface area contributed by atoms with Crippen LogP contribution in [0, 0.1) is 11.3 Å². The Balaban J connectivity index is 1.42. The van der Waals surface area contributed by atoms with Gasteiger partial charge in [0.25, 0.3) is 5.91 Å². The van der Waals surface area contributed by atoms with E-state index in [1.165, 1.54) is 11.3 Å². The van der Waals surface area contributed by atoms with Gasteiger partial charge in [-0.15, -0.1) is 11.3 Å². The number of thiophene rings is 1. The van der Waals surface area contributed by atoms with Gasteiger partial charge in [0.2, 0.25) is 5.88 Å². The third kappa shape index (κ3) is 3.85. The molecule has 4 heterocycles. The number of fused-ring (bicyclic) bond motifs is 1. The van der Waals surface area contributed by atoms with E-state index in [1.54, 1.807) is 42.0 Å². The number of hydrogen-bond donors (Lipinski definition) is 1. The molecule has 0 unspecified atom stereocenters. The van der Waals surface area contributed by atoms with Gasteiger partial charge in [-0.05, 0) is 31.0 Å². The molecule has 9 heteroatoms. The zero-order chi connectivity index (χ0) is 21.4. The number of amides is 1. The van der Waals surface area contributed by atoms with Crippen LogP contribution in [0.25, 0.3) is 21.3 Å². The Morgan fingerprint density at radius 3 is 3.00 bits per heavy atom. The molecule has 4 aromatic heterocycles. The Bertz CT molecular complexity index is 1320. The number of carbonyl (C=O) groups excluding carboxylic acids is 1. The summed E-state index contributed by atoms with van der Waals surface area (Å²) in [6.07, 6.45) is 7.26. The zero-order valence-corrected chi connectivity index (χ0v) is 17.5. The second-order valence-corrected chi connectivity index (χ2v) is 8.38. The molecule has 8 nitrogen and oxygen atoms in total. The lowest BCUT2D eigenvalue weighted by molar-refractivity contribution is 0.0778. The number of pyridine rings is 2. The second-order valence-electron chi connectivity index (χ2n) is 7.47. The van der Waals surface area contributed by atoms with Crippen molar-refractivity contribution in [1.82, 2.24) is 25.1 Å². The van der Waals surface area contributed by atoms with Crippen LogP contribution in [0.1, 0.15) is 34.5 Å². The Labute approximate surface area is 182 Å². The van der Waals surface area contributed by atoms with Gasteiger partial charge in [0, 0.05) is 47.2 Å². The van der Waals surface area contributed by atoms with E-state index in [0.717, 1.165) is 39.7 Å². The van der Waals surface area contributed by atoms with Crippen LogP contribution in [0.5, 0.6) is 5.88 Å². The number of rotatable bonds is 6. The van der Waals surface area contributed by atoms with E-state index in [0.29, 0.717) is 23.7 Å². The molecule has 1 amide bonds. The fraction of sp³-hybridized carbons (Fsp3) is 0.227. The lowest BCUT2D eigenvalue weighted by Crippen LogP contribution is -2.27. The van der Waals surface area contributed by atoms with E-state index in [4.69, 9.17) is 10.00 Å². The molecule has 0 aromatic carbocycles. The minimum absolute atomic E-state index is 0.133. The molecule has 0 atom stereocenters. The maximum atomic E-state index is 13.1. The predicted octanol–water partition coefficient (Wildman–Crippen LogP) is 3.77. The summed E-state index contributed by atoms with van der Waals surface area (Å²) in [5.74, 6) is 0.220. The molecule has 5 rings (SSSR count). The molecule has 0 radical (unpaired) electrons. The number of H-pyrrole nitrogens is 1. The number of nitriles is 1. The summed E-state index contributed by atoms with van der Waals surface area (Å²) in [5, 5.41) is 18.8. The topological polar surface area (TPSA) is 108 Å². The second kappa shape index (κ2) is 7.81. The van der Waals surface area contributed by atoms with Gasteiger partial charge >= 0.3 is 0 Å². The first kappa shape index (κ1) is 19.2. The lowest BCUT2D eigenvalue weighted by Gasteiger charge is -2.18. The van der Waals surface area contributed by atoms with Crippen molar-refractivity contribution < 1.29 is 9.53 Å². The van der Waals surface area contributed by atoms with Crippen molar-refractivity contribution in [2.75, 3.05) is 7.05 Å². The first-order valence-electron chi connectivity index (χ1n) is 9.80. The maximum Gasteiger partial charge on any atom is 0.272 e. The van der Waals surface area contributed by atoms with E-state index in [1.807, 2.05) is 12.1 Å². The quantitative estimate of drug-likeness (QED) is 0.499. The van der Waals surface area contributed by atoms with E-state index in [-0.39, 0.29) is 12.0 Å². The molecule has 154 valence electrons. The Hall–Kier alpha value is -3.77. The van der Waals surface area contributed by atoms with E-state index < -0.39 is 0 Å². The molecular weight excluding hydrogens is 412 g/mol. The van der Waals surface area contributed by atoms with E-state index >= 15 is 0 Å². The molecular formula is C22H18N6O2S. The van der Waals surface area contributed by atoms with E-state index in [9.17, 15) is 4.79 Å². The van der Waals surface area contributed by atoms with Crippen molar-refractivity contribution in [2.24, 2.45) is 0 Å². The Morgan fingerprint density at radius 2 is 2.23 bits per heavy atom. The van der Waals surface area contributed by atoms with Crippen LogP contribution in [-0.2, 0) is 6.54 Å². The van der Waals surface area contributed by atoms with E-state index in [2.05, 4.69) is 26.2 Å². The lowest BCUT2D eigenvalue weighted by atomic mass is 10.1. The number of ether oxygens (including phenoxy) is 1. The summed E-state index contributed by atoms with van der Waals surface area (Å²) in [5.41, 5.74) is 3.44. The van der Waals surface area contributed by atoms with Crippen molar-refractivity contribution in [3.05, 3.63) is 59.0 Å². The first-order valence-corrected chi connectivity index (χ1v) is 10.7. The van der Waals surface area contributed by atoms with Crippen molar-refractivity contribution >= 4 is 28.1 Å². The summed E-state index contributed by atoms with van der Waals surface area (Å²) in [4.78, 5) is 24.4.